The molecular weight excluding hydrogens is 236 g/mol. The molecule has 0 aliphatic carbocycles. The number of rotatable bonds is 4. The van der Waals surface area contributed by atoms with Crippen molar-refractivity contribution in [1.82, 2.24) is 19.5 Å². The highest BCUT2D eigenvalue weighted by atomic mass is 16.3. The van der Waals surface area contributed by atoms with Crippen LogP contribution in [-0.4, -0.2) is 37.8 Å². The van der Waals surface area contributed by atoms with E-state index in [0.717, 1.165) is 4.68 Å². The summed E-state index contributed by atoms with van der Waals surface area (Å²) in [6.07, 6.45) is 1.59. The lowest BCUT2D eigenvalue weighted by Gasteiger charge is -2.09. The van der Waals surface area contributed by atoms with Crippen molar-refractivity contribution in [3.63, 3.8) is 0 Å². The van der Waals surface area contributed by atoms with Crippen LogP contribution in [0, 0.1) is 0 Å². The largest absolute Gasteiger partial charge is 0.394 e. The molecule has 0 unspecified atom stereocenters. The molecule has 2 aromatic rings. The van der Waals surface area contributed by atoms with Crippen molar-refractivity contribution < 1.29 is 9.90 Å². The number of aromatic nitrogens is 3. The van der Waals surface area contributed by atoms with Crippen molar-refractivity contribution in [3.05, 3.63) is 34.9 Å². The number of hydrogen-bond donors (Lipinski definition) is 2. The molecule has 2 rings (SSSR count). The predicted molar refractivity (Wildman–Crippen MR) is 64.1 cm³/mol. The van der Waals surface area contributed by atoms with Crippen molar-refractivity contribution in [3.8, 4) is 0 Å². The second kappa shape index (κ2) is 5.01. The topological polar surface area (TPSA) is 88.6 Å². The predicted octanol–water partition coefficient (Wildman–Crippen LogP) is -1.01. The van der Waals surface area contributed by atoms with Gasteiger partial charge in [-0.3, -0.25) is 9.20 Å². The van der Waals surface area contributed by atoms with Crippen LogP contribution in [0.5, 0.6) is 0 Å². The van der Waals surface area contributed by atoms with Gasteiger partial charge in [-0.1, -0.05) is 6.07 Å². The fourth-order valence-electron chi connectivity index (χ4n) is 1.57. The maximum Gasteiger partial charge on any atom is 0.350 e. The van der Waals surface area contributed by atoms with E-state index in [-0.39, 0.29) is 30.8 Å². The molecule has 0 aliphatic heterocycles. The highest BCUT2D eigenvalue weighted by Gasteiger charge is 2.11. The van der Waals surface area contributed by atoms with Gasteiger partial charge in [0.25, 0.3) is 0 Å². The van der Waals surface area contributed by atoms with Gasteiger partial charge in [-0.25, -0.2) is 9.48 Å². The molecule has 0 spiro atoms. The van der Waals surface area contributed by atoms with Gasteiger partial charge in [0.15, 0.2) is 5.65 Å². The second-order valence-corrected chi connectivity index (χ2v) is 4.02. The van der Waals surface area contributed by atoms with E-state index in [4.69, 9.17) is 5.11 Å². The van der Waals surface area contributed by atoms with Gasteiger partial charge in [-0.15, -0.1) is 5.10 Å². The maximum atomic E-state index is 11.9. The van der Waals surface area contributed by atoms with Crippen LogP contribution in [-0.2, 0) is 11.3 Å². The molecule has 0 saturated carbocycles. The van der Waals surface area contributed by atoms with Crippen molar-refractivity contribution in [2.75, 3.05) is 6.61 Å². The summed E-state index contributed by atoms with van der Waals surface area (Å²) in [4.78, 5) is 23.4. The summed E-state index contributed by atoms with van der Waals surface area (Å²) >= 11 is 0. The molecular formula is C11H14N4O3. The van der Waals surface area contributed by atoms with Crippen molar-refractivity contribution >= 4 is 11.6 Å². The fourth-order valence-corrected chi connectivity index (χ4v) is 1.57. The van der Waals surface area contributed by atoms with Gasteiger partial charge in [0.05, 0.1) is 6.61 Å². The van der Waals surface area contributed by atoms with Gasteiger partial charge in [0.1, 0.15) is 6.54 Å². The van der Waals surface area contributed by atoms with Gasteiger partial charge >= 0.3 is 5.69 Å². The smallest absolute Gasteiger partial charge is 0.350 e. The monoisotopic (exact) mass is 250 g/mol. The average molecular weight is 250 g/mol. The Kier molecular flexibility index (Phi) is 3.42. The Morgan fingerprint density at radius 1 is 1.56 bits per heavy atom. The number of carbonyl (C=O) groups excluding carboxylic acids is 1. The third-order valence-electron chi connectivity index (χ3n) is 2.46. The van der Waals surface area contributed by atoms with E-state index in [2.05, 4.69) is 10.4 Å². The molecule has 0 aromatic carbocycles. The number of carbonyl (C=O) groups is 1. The molecule has 7 nitrogen and oxygen atoms in total. The summed E-state index contributed by atoms with van der Waals surface area (Å²) in [6.45, 7) is 1.36. The van der Waals surface area contributed by atoms with Crippen LogP contribution in [0.4, 0.5) is 0 Å². The van der Waals surface area contributed by atoms with Crippen LogP contribution in [0.1, 0.15) is 6.92 Å². The van der Waals surface area contributed by atoms with Crippen LogP contribution >= 0.6 is 0 Å². The minimum atomic E-state index is -0.364. The minimum absolute atomic E-state index is 0.147. The molecule has 0 fully saturated rings. The van der Waals surface area contributed by atoms with Gasteiger partial charge in [0.2, 0.25) is 5.91 Å². The number of aliphatic hydroxyl groups is 1. The summed E-state index contributed by atoms with van der Waals surface area (Å²) in [5, 5.41) is 15.4. The molecule has 0 aliphatic rings. The molecule has 7 heteroatoms. The lowest BCUT2D eigenvalue weighted by Crippen LogP contribution is -2.39. The molecule has 0 bridgehead atoms. The van der Waals surface area contributed by atoms with Gasteiger partial charge in [-0.2, -0.15) is 0 Å². The number of fused-ring (bicyclic) bond motifs is 1. The summed E-state index contributed by atoms with van der Waals surface area (Å²) < 4.78 is 2.46. The van der Waals surface area contributed by atoms with E-state index in [1.165, 1.54) is 4.40 Å². The van der Waals surface area contributed by atoms with E-state index in [0.29, 0.717) is 5.65 Å². The number of nitrogens with zero attached hydrogens (tertiary/aromatic N) is 3. The SMILES string of the molecule is C[C@@H](CO)NC(=O)Cn1nc2ccccn2c1=O. The first-order valence-electron chi connectivity index (χ1n) is 5.56. The van der Waals surface area contributed by atoms with Crippen LogP contribution in [0.2, 0.25) is 0 Å². The number of hydrogen-bond acceptors (Lipinski definition) is 4. The van der Waals surface area contributed by atoms with Crippen LogP contribution in [0.3, 0.4) is 0 Å². The first kappa shape index (κ1) is 12.3. The Bertz CT molecular complexity index is 616. The number of nitrogens with one attached hydrogen (secondary N) is 1. The Labute approximate surface area is 103 Å². The van der Waals surface area contributed by atoms with Gasteiger partial charge in [0, 0.05) is 12.2 Å². The van der Waals surface area contributed by atoms with E-state index in [9.17, 15) is 9.59 Å². The zero-order valence-electron chi connectivity index (χ0n) is 9.91. The summed E-state index contributed by atoms with van der Waals surface area (Å²) in [5.74, 6) is -0.359. The molecule has 2 heterocycles. The Hall–Kier alpha value is -2.15. The minimum Gasteiger partial charge on any atom is -0.394 e. The van der Waals surface area contributed by atoms with E-state index < -0.39 is 0 Å². The molecule has 1 amide bonds. The third kappa shape index (κ3) is 2.40. The zero-order chi connectivity index (χ0) is 13.1. The molecule has 2 aromatic heterocycles. The Balaban J connectivity index is 2.20. The highest BCUT2D eigenvalue weighted by molar-refractivity contribution is 5.75. The van der Waals surface area contributed by atoms with E-state index >= 15 is 0 Å². The number of aliphatic hydroxyl groups excluding tert-OH is 1. The Morgan fingerprint density at radius 2 is 2.33 bits per heavy atom. The fraction of sp³-hybridized carbons (Fsp3) is 0.364. The van der Waals surface area contributed by atoms with Crippen molar-refractivity contribution in [2.45, 2.75) is 19.5 Å². The zero-order valence-corrected chi connectivity index (χ0v) is 9.91. The quantitative estimate of drug-likeness (QED) is 0.728. The number of pyridine rings is 1. The summed E-state index contributed by atoms with van der Waals surface area (Å²) in [5.41, 5.74) is 0.128. The first-order chi connectivity index (χ1) is 8.61. The molecule has 1 atom stereocenters. The summed E-state index contributed by atoms with van der Waals surface area (Å²) in [7, 11) is 0. The van der Waals surface area contributed by atoms with E-state index in [1.54, 1.807) is 31.3 Å². The summed E-state index contributed by atoms with van der Waals surface area (Å²) in [6, 6.07) is 4.82. The first-order valence-corrected chi connectivity index (χ1v) is 5.56. The Morgan fingerprint density at radius 3 is 3.00 bits per heavy atom. The average Bonchev–Trinajstić information content (AvgIpc) is 2.66. The molecule has 0 radical (unpaired) electrons. The normalized spacial score (nSPS) is 12.6. The highest BCUT2D eigenvalue weighted by Crippen LogP contribution is 1.94. The molecule has 0 saturated heterocycles. The standard InChI is InChI=1S/C11H14N4O3/c1-8(7-16)12-10(17)6-15-11(18)14-5-3-2-4-9(14)13-15/h2-5,8,16H,6-7H2,1H3,(H,12,17)/t8-/m0/s1. The molecule has 18 heavy (non-hydrogen) atoms. The molecule has 2 N–H and O–H groups in total. The van der Waals surface area contributed by atoms with Crippen LogP contribution < -0.4 is 11.0 Å². The van der Waals surface area contributed by atoms with Crippen molar-refractivity contribution in [2.24, 2.45) is 0 Å². The van der Waals surface area contributed by atoms with Crippen molar-refractivity contribution in [1.29, 1.82) is 0 Å². The van der Waals surface area contributed by atoms with Gasteiger partial charge < -0.3 is 10.4 Å². The van der Waals surface area contributed by atoms with Gasteiger partial charge in [-0.05, 0) is 19.1 Å². The maximum absolute atomic E-state index is 11.9. The van der Waals surface area contributed by atoms with E-state index in [1.807, 2.05) is 0 Å². The molecule has 96 valence electrons. The third-order valence-corrected chi connectivity index (χ3v) is 2.46. The van der Waals surface area contributed by atoms with Crippen LogP contribution in [0.15, 0.2) is 29.2 Å². The lowest BCUT2D eigenvalue weighted by molar-refractivity contribution is -0.122. The number of amides is 1. The lowest BCUT2D eigenvalue weighted by atomic mass is 10.3. The van der Waals surface area contributed by atoms with Crippen LogP contribution in [0.25, 0.3) is 5.65 Å². The second-order valence-electron chi connectivity index (χ2n) is 4.02.